The third kappa shape index (κ3) is 3.40. The summed E-state index contributed by atoms with van der Waals surface area (Å²) in [5.74, 6) is 1.96. The number of aromatic nitrogens is 4. The number of H-pyrrole nitrogens is 1. The van der Waals surface area contributed by atoms with Gasteiger partial charge in [0.15, 0.2) is 5.82 Å². The Morgan fingerprint density at radius 1 is 1.32 bits per heavy atom. The summed E-state index contributed by atoms with van der Waals surface area (Å²) in [6.07, 6.45) is 4.27. The quantitative estimate of drug-likeness (QED) is 0.714. The number of rotatable bonds is 5. The summed E-state index contributed by atoms with van der Waals surface area (Å²) >= 11 is 0. The van der Waals surface area contributed by atoms with Crippen molar-refractivity contribution < 1.29 is 9.53 Å². The Bertz CT molecular complexity index is 988. The van der Waals surface area contributed by atoms with E-state index in [1.807, 2.05) is 18.2 Å². The number of aromatic amines is 1. The van der Waals surface area contributed by atoms with Crippen LogP contribution in [-0.4, -0.2) is 39.1 Å². The topological polar surface area (TPSA) is 84.8 Å². The molecule has 2 N–H and O–H groups in total. The Kier molecular flexibility index (Phi) is 4.90. The second-order valence-corrected chi connectivity index (χ2v) is 7.59. The van der Waals surface area contributed by atoms with Crippen LogP contribution in [0.5, 0.6) is 5.75 Å². The molecule has 7 nitrogen and oxygen atoms in total. The van der Waals surface area contributed by atoms with Gasteiger partial charge in [-0.05, 0) is 24.0 Å². The molecular formula is C21H25N5O2. The fourth-order valence-electron chi connectivity index (χ4n) is 3.76. The van der Waals surface area contributed by atoms with E-state index in [1.54, 1.807) is 19.6 Å². The van der Waals surface area contributed by atoms with Crippen LogP contribution in [-0.2, 0) is 13.0 Å². The number of para-hydroxylation sites is 1. The molecule has 0 aliphatic carbocycles. The molecular weight excluding hydrogens is 354 g/mol. The molecule has 0 bridgehead atoms. The van der Waals surface area contributed by atoms with Crippen molar-refractivity contribution in [3.05, 3.63) is 53.7 Å². The number of nitrogens with zero attached hydrogens (tertiary/aromatic N) is 3. The first-order valence-corrected chi connectivity index (χ1v) is 9.57. The first kappa shape index (κ1) is 18.3. The molecule has 3 heterocycles. The molecule has 3 aromatic rings. The monoisotopic (exact) mass is 379 g/mol. The minimum Gasteiger partial charge on any atom is -0.496 e. The van der Waals surface area contributed by atoms with Crippen LogP contribution < -0.4 is 10.1 Å². The average molecular weight is 379 g/mol. The van der Waals surface area contributed by atoms with Gasteiger partial charge in [-0.2, -0.15) is 0 Å². The van der Waals surface area contributed by atoms with Crippen LogP contribution in [0.15, 0.2) is 36.8 Å². The first-order chi connectivity index (χ1) is 13.6. The highest BCUT2D eigenvalue weighted by Crippen LogP contribution is 2.31. The van der Waals surface area contributed by atoms with Crippen molar-refractivity contribution in [2.24, 2.45) is 5.92 Å². The average Bonchev–Trinajstić information content (AvgIpc) is 3.27. The fourth-order valence-corrected chi connectivity index (χ4v) is 3.76. The van der Waals surface area contributed by atoms with E-state index < -0.39 is 0 Å². The molecule has 0 spiro atoms. The van der Waals surface area contributed by atoms with Crippen molar-refractivity contribution in [2.45, 2.75) is 32.7 Å². The maximum Gasteiger partial charge on any atom is 0.271 e. The highest BCUT2D eigenvalue weighted by molar-refractivity contribution is 5.94. The van der Waals surface area contributed by atoms with E-state index >= 15 is 0 Å². The van der Waals surface area contributed by atoms with E-state index in [0.717, 1.165) is 29.2 Å². The summed E-state index contributed by atoms with van der Waals surface area (Å²) in [7, 11) is 1.67. The Morgan fingerprint density at radius 2 is 2.14 bits per heavy atom. The van der Waals surface area contributed by atoms with Crippen molar-refractivity contribution in [2.75, 3.05) is 13.7 Å². The number of nitrogens with one attached hydrogen (secondary N) is 2. The van der Waals surface area contributed by atoms with Crippen LogP contribution in [0, 0.1) is 5.92 Å². The number of hydrogen-bond donors (Lipinski definition) is 2. The van der Waals surface area contributed by atoms with Gasteiger partial charge in [0.2, 0.25) is 0 Å². The van der Waals surface area contributed by atoms with E-state index in [1.165, 1.54) is 0 Å². The number of carbonyl (C=O) groups excluding carboxylic acids is 1. The molecule has 4 rings (SSSR count). The molecule has 1 aliphatic heterocycles. The van der Waals surface area contributed by atoms with Crippen molar-refractivity contribution in [3.8, 4) is 17.3 Å². The van der Waals surface area contributed by atoms with Crippen LogP contribution in [0.1, 0.15) is 41.5 Å². The Labute approximate surface area is 164 Å². The Morgan fingerprint density at radius 3 is 2.93 bits per heavy atom. The van der Waals surface area contributed by atoms with E-state index in [-0.39, 0.29) is 11.8 Å². The molecule has 1 atom stereocenters. The standard InChI is InChI=1S/C21H25N5O2/c1-13(2)11-26-12-22-10-17(26)20-24-16-8-14(9-23-21(27)19(16)25-20)15-6-4-5-7-18(15)28-3/h4-7,10,12-14H,8-9,11H2,1-3H3,(H,23,27)(H,24,25)/t14-/m1/s1. The lowest BCUT2D eigenvalue weighted by Crippen LogP contribution is -2.26. The fraction of sp³-hybridized carbons (Fsp3) is 0.381. The maximum absolute atomic E-state index is 12.6. The van der Waals surface area contributed by atoms with Gasteiger partial charge in [-0.15, -0.1) is 0 Å². The summed E-state index contributed by atoms with van der Waals surface area (Å²) in [6, 6.07) is 7.95. The molecule has 0 fully saturated rings. The molecule has 28 heavy (non-hydrogen) atoms. The van der Waals surface area contributed by atoms with Crippen LogP contribution in [0.25, 0.3) is 11.5 Å². The number of fused-ring (bicyclic) bond motifs is 1. The number of carbonyl (C=O) groups is 1. The van der Waals surface area contributed by atoms with E-state index in [0.29, 0.717) is 30.4 Å². The zero-order chi connectivity index (χ0) is 19.7. The van der Waals surface area contributed by atoms with Crippen LogP contribution >= 0.6 is 0 Å². The summed E-state index contributed by atoms with van der Waals surface area (Å²) < 4.78 is 7.59. The number of hydrogen-bond acceptors (Lipinski definition) is 4. The molecule has 0 saturated heterocycles. The van der Waals surface area contributed by atoms with Crippen LogP contribution in [0.2, 0.25) is 0 Å². The second kappa shape index (κ2) is 7.50. The van der Waals surface area contributed by atoms with Gasteiger partial charge in [-0.3, -0.25) is 4.79 Å². The third-order valence-electron chi connectivity index (χ3n) is 5.05. The number of methoxy groups -OCH3 is 1. The molecule has 0 unspecified atom stereocenters. The third-order valence-corrected chi connectivity index (χ3v) is 5.05. The van der Waals surface area contributed by atoms with Gasteiger partial charge in [0.1, 0.15) is 17.1 Å². The molecule has 1 aromatic carbocycles. The number of ether oxygens (including phenoxy) is 1. The van der Waals surface area contributed by atoms with Crippen molar-refractivity contribution in [1.29, 1.82) is 0 Å². The Balaban J connectivity index is 1.69. The summed E-state index contributed by atoms with van der Waals surface area (Å²) in [5.41, 5.74) is 3.28. The molecule has 146 valence electrons. The smallest absolute Gasteiger partial charge is 0.271 e. The van der Waals surface area contributed by atoms with Crippen molar-refractivity contribution >= 4 is 5.91 Å². The zero-order valence-corrected chi connectivity index (χ0v) is 16.4. The van der Waals surface area contributed by atoms with Gasteiger partial charge in [-0.1, -0.05) is 32.0 Å². The normalized spacial score (nSPS) is 16.6. The minimum absolute atomic E-state index is 0.107. The highest BCUT2D eigenvalue weighted by Gasteiger charge is 2.28. The maximum atomic E-state index is 12.6. The van der Waals surface area contributed by atoms with Gasteiger partial charge in [0, 0.05) is 24.7 Å². The van der Waals surface area contributed by atoms with Gasteiger partial charge in [0.05, 0.1) is 19.6 Å². The summed E-state index contributed by atoms with van der Waals surface area (Å²) in [4.78, 5) is 24.9. The highest BCUT2D eigenvalue weighted by atomic mass is 16.5. The predicted molar refractivity (Wildman–Crippen MR) is 106 cm³/mol. The number of benzene rings is 1. The number of imidazole rings is 2. The summed E-state index contributed by atoms with van der Waals surface area (Å²) in [6.45, 7) is 5.71. The van der Waals surface area contributed by atoms with Crippen LogP contribution in [0.4, 0.5) is 0 Å². The number of amides is 1. The van der Waals surface area contributed by atoms with E-state index in [9.17, 15) is 4.79 Å². The van der Waals surface area contributed by atoms with Gasteiger partial charge in [0.25, 0.3) is 5.91 Å². The van der Waals surface area contributed by atoms with Crippen molar-refractivity contribution in [3.63, 3.8) is 0 Å². The predicted octanol–water partition coefficient (Wildman–Crippen LogP) is 3.01. The second-order valence-electron chi connectivity index (χ2n) is 7.59. The SMILES string of the molecule is COc1ccccc1[C@H]1CNC(=O)c2nc(-c3cncn3CC(C)C)[nH]c2C1. The molecule has 7 heteroatoms. The van der Waals surface area contributed by atoms with Gasteiger partial charge >= 0.3 is 0 Å². The summed E-state index contributed by atoms with van der Waals surface area (Å²) in [5, 5.41) is 3.01. The Hall–Kier alpha value is -3.09. The van der Waals surface area contributed by atoms with Gasteiger partial charge < -0.3 is 19.6 Å². The first-order valence-electron chi connectivity index (χ1n) is 9.57. The van der Waals surface area contributed by atoms with E-state index in [2.05, 4.69) is 44.7 Å². The lowest BCUT2D eigenvalue weighted by Gasteiger charge is -2.17. The van der Waals surface area contributed by atoms with E-state index in [4.69, 9.17) is 4.74 Å². The minimum atomic E-state index is -0.148. The lowest BCUT2D eigenvalue weighted by atomic mass is 9.93. The van der Waals surface area contributed by atoms with Gasteiger partial charge in [-0.25, -0.2) is 9.97 Å². The molecule has 1 amide bonds. The molecule has 2 aromatic heterocycles. The molecule has 0 radical (unpaired) electrons. The molecule has 1 aliphatic rings. The van der Waals surface area contributed by atoms with Crippen LogP contribution in [0.3, 0.4) is 0 Å². The molecule has 0 saturated carbocycles. The van der Waals surface area contributed by atoms with Crippen molar-refractivity contribution in [1.82, 2.24) is 24.8 Å². The largest absolute Gasteiger partial charge is 0.496 e. The lowest BCUT2D eigenvalue weighted by molar-refractivity contribution is 0.0950. The zero-order valence-electron chi connectivity index (χ0n) is 16.4.